The van der Waals surface area contributed by atoms with Crippen molar-refractivity contribution in [2.75, 3.05) is 0 Å². The molecule has 0 atom stereocenters. The van der Waals surface area contributed by atoms with Gasteiger partial charge >= 0.3 is 5.97 Å². The lowest BCUT2D eigenvalue weighted by atomic mass is 10.3. The summed E-state index contributed by atoms with van der Waals surface area (Å²) < 4.78 is 1.32. The number of hydrogen-bond acceptors (Lipinski definition) is 4. The van der Waals surface area contributed by atoms with Gasteiger partial charge in [0.1, 0.15) is 0 Å². The summed E-state index contributed by atoms with van der Waals surface area (Å²) in [6.07, 6.45) is 2.93. The molecule has 0 radical (unpaired) electrons. The molecule has 2 aromatic heterocycles. The predicted octanol–water partition coefficient (Wildman–Crippen LogP) is 1.32. The van der Waals surface area contributed by atoms with Gasteiger partial charge in [-0.05, 0) is 13.0 Å². The van der Waals surface area contributed by atoms with E-state index in [4.69, 9.17) is 16.7 Å². The van der Waals surface area contributed by atoms with Crippen molar-refractivity contribution >= 4 is 17.6 Å². The van der Waals surface area contributed by atoms with E-state index in [1.165, 1.54) is 23.1 Å². The molecule has 0 saturated carbocycles. The molecule has 0 aliphatic carbocycles. The Morgan fingerprint density at radius 2 is 2.25 bits per heavy atom. The van der Waals surface area contributed by atoms with Gasteiger partial charge in [-0.2, -0.15) is 5.10 Å². The van der Waals surface area contributed by atoms with E-state index in [-0.39, 0.29) is 11.6 Å². The molecule has 82 valence electrons. The van der Waals surface area contributed by atoms with Crippen molar-refractivity contribution < 1.29 is 9.90 Å². The van der Waals surface area contributed by atoms with Crippen molar-refractivity contribution in [1.29, 1.82) is 0 Å². The topological polar surface area (TPSA) is 80.9 Å². The first kappa shape index (κ1) is 10.6. The van der Waals surface area contributed by atoms with Crippen molar-refractivity contribution in [3.63, 3.8) is 0 Å². The van der Waals surface area contributed by atoms with Gasteiger partial charge in [0.05, 0.1) is 17.4 Å². The fourth-order valence-electron chi connectivity index (χ4n) is 1.18. The Morgan fingerprint density at radius 1 is 1.50 bits per heavy atom. The summed E-state index contributed by atoms with van der Waals surface area (Å²) in [6, 6.07) is 1.39. The number of aromatic carboxylic acids is 1. The largest absolute Gasteiger partial charge is 0.477 e. The lowest BCUT2D eigenvalue weighted by molar-refractivity contribution is 0.0690. The second kappa shape index (κ2) is 3.90. The van der Waals surface area contributed by atoms with Crippen molar-refractivity contribution in [1.82, 2.24) is 19.7 Å². The third-order valence-electron chi connectivity index (χ3n) is 1.82. The highest BCUT2D eigenvalue weighted by atomic mass is 35.5. The Bertz CT molecular complexity index is 552. The maximum absolute atomic E-state index is 10.8. The highest BCUT2D eigenvalue weighted by Crippen LogP contribution is 2.09. The van der Waals surface area contributed by atoms with E-state index in [9.17, 15) is 4.79 Å². The number of aromatic nitrogens is 4. The van der Waals surface area contributed by atoms with Crippen LogP contribution in [-0.4, -0.2) is 30.8 Å². The lowest BCUT2D eigenvalue weighted by Gasteiger charge is -2.02. The van der Waals surface area contributed by atoms with Crippen molar-refractivity contribution in [2.24, 2.45) is 0 Å². The average Bonchev–Trinajstić information content (AvgIpc) is 2.64. The fraction of sp³-hybridized carbons (Fsp3) is 0.111. The Hall–Kier alpha value is -1.95. The van der Waals surface area contributed by atoms with Gasteiger partial charge in [0.2, 0.25) is 0 Å². The molecule has 0 bridgehead atoms. The van der Waals surface area contributed by atoms with Gasteiger partial charge < -0.3 is 5.11 Å². The Balaban J connectivity index is 2.53. The Morgan fingerprint density at radius 3 is 2.81 bits per heavy atom. The van der Waals surface area contributed by atoms with E-state index in [0.29, 0.717) is 10.7 Å². The van der Waals surface area contributed by atoms with E-state index in [1.807, 2.05) is 0 Å². The summed E-state index contributed by atoms with van der Waals surface area (Å²) in [5, 5.41) is 13.2. The first-order valence-corrected chi connectivity index (χ1v) is 4.73. The molecule has 2 aromatic rings. The summed E-state index contributed by atoms with van der Waals surface area (Å²) in [5.74, 6) is -0.922. The molecule has 1 N–H and O–H groups in total. The van der Waals surface area contributed by atoms with Gasteiger partial charge in [0.15, 0.2) is 5.69 Å². The van der Waals surface area contributed by atoms with Crippen LogP contribution in [0.5, 0.6) is 0 Å². The SMILES string of the molecule is Cc1cc(C(=O)O)nc(-n2cc(Cl)cn2)n1. The van der Waals surface area contributed by atoms with Gasteiger partial charge in [-0.3, -0.25) is 0 Å². The van der Waals surface area contributed by atoms with Crippen LogP contribution in [0.25, 0.3) is 5.95 Å². The molecule has 0 amide bonds. The van der Waals surface area contributed by atoms with Crippen LogP contribution in [0.15, 0.2) is 18.5 Å². The molecular weight excluding hydrogens is 232 g/mol. The standard InChI is InChI=1S/C9H7ClN4O2/c1-5-2-7(8(15)16)13-9(12-5)14-4-6(10)3-11-14/h2-4H,1H3,(H,15,16). The quantitative estimate of drug-likeness (QED) is 0.853. The first-order valence-electron chi connectivity index (χ1n) is 4.36. The van der Waals surface area contributed by atoms with E-state index in [1.54, 1.807) is 6.92 Å². The van der Waals surface area contributed by atoms with Gasteiger partial charge in [0.25, 0.3) is 5.95 Å². The third kappa shape index (κ3) is 2.01. The van der Waals surface area contributed by atoms with Crippen LogP contribution in [0.3, 0.4) is 0 Å². The number of nitrogens with zero attached hydrogens (tertiary/aromatic N) is 4. The number of aryl methyl sites for hydroxylation is 1. The molecule has 0 spiro atoms. The summed E-state index contributed by atoms with van der Waals surface area (Å²) in [7, 11) is 0. The highest BCUT2D eigenvalue weighted by Gasteiger charge is 2.10. The van der Waals surface area contributed by atoms with Crippen LogP contribution in [0.1, 0.15) is 16.2 Å². The minimum atomic E-state index is -1.11. The second-order valence-electron chi connectivity index (χ2n) is 3.10. The molecular formula is C9H7ClN4O2. The number of halogens is 1. The highest BCUT2D eigenvalue weighted by molar-refractivity contribution is 6.30. The van der Waals surface area contributed by atoms with E-state index in [0.717, 1.165) is 0 Å². The molecule has 0 aliphatic rings. The van der Waals surface area contributed by atoms with Gasteiger partial charge in [-0.25, -0.2) is 19.4 Å². The van der Waals surface area contributed by atoms with Gasteiger partial charge in [0, 0.05) is 5.69 Å². The zero-order valence-corrected chi connectivity index (χ0v) is 9.01. The van der Waals surface area contributed by atoms with Gasteiger partial charge in [-0.15, -0.1) is 0 Å². The molecule has 0 aliphatic heterocycles. The van der Waals surface area contributed by atoms with Crippen molar-refractivity contribution in [2.45, 2.75) is 6.92 Å². The summed E-state index contributed by atoms with van der Waals surface area (Å²) in [4.78, 5) is 18.7. The van der Waals surface area contributed by atoms with Crippen LogP contribution in [0.4, 0.5) is 0 Å². The van der Waals surface area contributed by atoms with E-state index in [2.05, 4.69) is 15.1 Å². The summed E-state index contributed by atoms with van der Waals surface area (Å²) >= 11 is 5.70. The fourth-order valence-corrected chi connectivity index (χ4v) is 1.31. The summed E-state index contributed by atoms with van der Waals surface area (Å²) in [5.41, 5.74) is 0.475. The zero-order valence-electron chi connectivity index (χ0n) is 8.25. The molecule has 7 heteroatoms. The van der Waals surface area contributed by atoms with Crippen LogP contribution in [-0.2, 0) is 0 Å². The van der Waals surface area contributed by atoms with E-state index >= 15 is 0 Å². The molecule has 2 rings (SSSR count). The van der Waals surface area contributed by atoms with Crippen LogP contribution >= 0.6 is 11.6 Å². The molecule has 0 aromatic carbocycles. The average molecular weight is 239 g/mol. The molecule has 16 heavy (non-hydrogen) atoms. The molecule has 2 heterocycles. The monoisotopic (exact) mass is 238 g/mol. The maximum Gasteiger partial charge on any atom is 0.354 e. The van der Waals surface area contributed by atoms with E-state index < -0.39 is 5.97 Å². The zero-order chi connectivity index (χ0) is 11.7. The molecule has 0 saturated heterocycles. The number of rotatable bonds is 2. The number of carboxylic acids is 1. The smallest absolute Gasteiger partial charge is 0.354 e. The Labute approximate surface area is 95.5 Å². The minimum Gasteiger partial charge on any atom is -0.477 e. The molecule has 0 unspecified atom stereocenters. The number of carbonyl (C=O) groups is 1. The third-order valence-corrected chi connectivity index (χ3v) is 2.01. The lowest BCUT2D eigenvalue weighted by Crippen LogP contribution is -2.09. The maximum atomic E-state index is 10.8. The first-order chi connectivity index (χ1) is 7.56. The molecule has 0 fully saturated rings. The van der Waals surface area contributed by atoms with Crippen LogP contribution < -0.4 is 0 Å². The summed E-state index contributed by atoms with van der Waals surface area (Å²) in [6.45, 7) is 1.68. The minimum absolute atomic E-state index is 0.0749. The second-order valence-corrected chi connectivity index (χ2v) is 3.54. The van der Waals surface area contributed by atoms with Crippen molar-refractivity contribution in [3.05, 3.63) is 34.9 Å². The van der Waals surface area contributed by atoms with Gasteiger partial charge in [-0.1, -0.05) is 11.6 Å². The molecule has 6 nitrogen and oxygen atoms in total. The normalized spacial score (nSPS) is 10.4. The number of carboxylic acid groups (broad SMARTS) is 1. The van der Waals surface area contributed by atoms with Crippen molar-refractivity contribution in [3.8, 4) is 5.95 Å². The van der Waals surface area contributed by atoms with Crippen LogP contribution in [0.2, 0.25) is 5.02 Å². The predicted molar refractivity (Wildman–Crippen MR) is 55.9 cm³/mol. The Kier molecular flexibility index (Phi) is 2.57. The van der Waals surface area contributed by atoms with Crippen LogP contribution in [0, 0.1) is 6.92 Å². The number of hydrogen-bond donors (Lipinski definition) is 1.